The first kappa shape index (κ1) is 19.6. The van der Waals surface area contributed by atoms with E-state index in [1.165, 1.54) is 0 Å². The summed E-state index contributed by atoms with van der Waals surface area (Å²) in [4.78, 5) is 12.6. The maximum Gasteiger partial charge on any atom is 0.240 e. The highest BCUT2D eigenvalue weighted by atomic mass is 35.5. The Labute approximate surface area is 172 Å². The first-order valence-electron chi connectivity index (χ1n) is 8.31. The molecule has 1 atom stereocenters. The molecule has 0 aliphatic heterocycles. The highest BCUT2D eigenvalue weighted by Crippen LogP contribution is 2.26. The zero-order valence-electron chi connectivity index (χ0n) is 14.8. The predicted molar refractivity (Wildman–Crippen MR) is 111 cm³/mol. The van der Waals surface area contributed by atoms with Crippen molar-refractivity contribution in [1.29, 1.82) is 0 Å². The summed E-state index contributed by atoms with van der Waals surface area (Å²) in [5.41, 5.74) is 2.82. The molecule has 0 bridgehead atoms. The molecule has 27 heavy (non-hydrogen) atoms. The summed E-state index contributed by atoms with van der Waals surface area (Å²) in [5, 5.41) is 11.0. The van der Waals surface area contributed by atoms with E-state index in [9.17, 15) is 4.79 Å². The predicted octanol–water partition coefficient (Wildman–Crippen LogP) is 5.10. The Morgan fingerprint density at radius 2 is 1.96 bits per heavy atom. The molecule has 8 heteroatoms. The van der Waals surface area contributed by atoms with E-state index in [0.717, 1.165) is 16.7 Å². The second-order valence-electron chi connectivity index (χ2n) is 6.26. The number of benzene rings is 2. The fraction of sp³-hybridized carbons (Fsp3) is 0.211. The second-order valence-corrected chi connectivity index (χ2v) is 7.49. The third kappa shape index (κ3) is 4.58. The molecule has 0 aliphatic rings. The highest BCUT2D eigenvalue weighted by molar-refractivity contribution is 7.71. The van der Waals surface area contributed by atoms with E-state index >= 15 is 0 Å². The molecular formula is C19H18Cl2N4OS. The van der Waals surface area contributed by atoms with Gasteiger partial charge in [-0.1, -0.05) is 59.1 Å². The number of amides is 1. The molecule has 0 radical (unpaired) electrons. The van der Waals surface area contributed by atoms with Crippen molar-refractivity contribution in [3.8, 4) is 11.4 Å². The van der Waals surface area contributed by atoms with Gasteiger partial charge in [-0.2, -0.15) is 5.10 Å². The lowest BCUT2D eigenvalue weighted by Crippen LogP contribution is -2.30. The van der Waals surface area contributed by atoms with Crippen molar-refractivity contribution >= 4 is 41.3 Å². The Morgan fingerprint density at radius 1 is 1.26 bits per heavy atom. The molecule has 3 rings (SSSR count). The molecule has 0 fully saturated rings. The molecule has 0 spiro atoms. The Bertz CT molecular complexity index is 1030. The molecule has 1 amide bonds. The van der Waals surface area contributed by atoms with Crippen molar-refractivity contribution < 1.29 is 4.79 Å². The zero-order valence-corrected chi connectivity index (χ0v) is 17.1. The van der Waals surface area contributed by atoms with E-state index < -0.39 is 0 Å². The van der Waals surface area contributed by atoms with Crippen LogP contribution in [0.1, 0.15) is 24.1 Å². The molecule has 5 nitrogen and oxygen atoms in total. The Morgan fingerprint density at radius 3 is 2.63 bits per heavy atom. The number of H-pyrrole nitrogens is 1. The van der Waals surface area contributed by atoms with Gasteiger partial charge in [0, 0.05) is 15.6 Å². The number of halogens is 2. The normalized spacial score (nSPS) is 12.0. The molecule has 1 aromatic heterocycles. The summed E-state index contributed by atoms with van der Waals surface area (Å²) in [5.74, 6) is 0.423. The van der Waals surface area contributed by atoms with Gasteiger partial charge in [-0.25, -0.2) is 0 Å². The molecule has 2 aromatic carbocycles. The summed E-state index contributed by atoms with van der Waals surface area (Å²) < 4.78 is 2.06. The van der Waals surface area contributed by atoms with Crippen LogP contribution in [0.4, 0.5) is 0 Å². The summed E-state index contributed by atoms with van der Waals surface area (Å²) in [6.45, 7) is 3.92. The van der Waals surface area contributed by atoms with Crippen LogP contribution in [0.25, 0.3) is 11.4 Å². The van der Waals surface area contributed by atoms with Gasteiger partial charge in [-0.3, -0.25) is 14.5 Å². The first-order valence-corrected chi connectivity index (χ1v) is 9.48. The first-order chi connectivity index (χ1) is 12.8. The van der Waals surface area contributed by atoms with E-state index in [2.05, 4.69) is 15.5 Å². The van der Waals surface area contributed by atoms with Crippen LogP contribution in [0.5, 0.6) is 0 Å². The van der Waals surface area contributed by atoms with E-state index in [1.54, 1.807) is 22.8 Å². The quantitative estimate of drug-likeness (QED) is 0.564. The van der Waals surface area contributed by atoms with Crippen LogP contribution in [0.15, 0.2) is 42.5 Å². The van der Waals surface area contributed by atoms with Gasteiger partial charge in [0.1, 0.15) is 6.54 Å². The smallest absolute Gasteiger partial charge is 0.240 e. The SMILES string of the molecule is Cc1ccc(-c2n[nH]c(=S)n2CC(=O)N[C@@H](C)c2ccc(Cl)cc2Cl)cc1. The number of rotatable bonds is 5. The number of nitrogens with one attached hydrogen (secondary N) is 2. The minimum atomic E-state index is -0.272. The average Bonchev–Trinajstić information content (AvgIpc) is 2.96. The summed E-state index contributed by atoms with van der Waals surface area (Å²) >= 11 is 17.4. The molecule has 0 aliphatic carbocycles. The minimum Gasteiger partial charge on any atom is -0.348 e. The molecule has 140 valence electrons. The number of carbonyl (C=O) groups is 1. The number of aryl methyl sites for hydroxylation is 1. The second kappa shape index (κ2) is 8.25. The van der Waals surface area contributed by atoms with Crippen LogP contribution in [0.3, 0.4) is 0 Å². The number of hydrogen-bond acceptors (Lipinski definition) is 3. The standard InChI is InChI=1S/C19H18Cl2N4OS/c1-11-3-5-13(6-4-11)18-23-24-19(27)25(18)10-17(26)22-12(2)15-8-7-14(20)9-16(15)21/h3-9,12H,10H2,1-2H3,(H,22,26)(H,24,27)/t12-/m0/s1. The average molecular weight is 421 g/mol. The van der Waals surface area contributed by atoms with Gasteiger partial charge >= 0.3 is 0 Å². The van der Waals surface area contributed by atoms with E-state index in [0.29, 0.717) is 20.6 Å². The molecule has 2 N–H and O–H groups in total. The molecule has 0 saturated carbocycles. The summed E-state index contributed by atoms with van der Waals surface area (Å²) in [7, 11) is 0. The minimum absolute atomic E-state index is 0.0497. The van der Waals surface area contributed by atoms with Gasteiger partial charge < -0.3 is 5.32 Å². The third-order valence-corrected chi connectivity index (χ3v) is 5.05. The highest BCUT2D eigenvalue weighted by Gasteiger charge is 2.16. The van der Waals surface area contributed by atoms with Gasteiger partial charge in [-0.05, 0) is 43.8 Å². The maximum absolute atomic E-state index is 12.6. The third-order valence-electron chi connectivity index (χ3n) is 4.18. The fourth-order valence-corrected chi connectivity index (χ4v) is 3.52. The zero-order chi connectivity index (χ0) is 19.6. The van der Waals surface area contributed by atoms with Crippen molar-refractivity contribution in [3.05, 3.63) is 68.4 Å². The molecule has 1 heterocycles. The van der Waals surface area contributed by atoms with Gasteiger partial charge in [0.15, 0.2) is 10.6 Å². The van der Waals surface area contributed by atoms with Gasteiger partial charge in [-0.15, -0.1) is 0 Å². The Hall–Kier alpha value is -2.15. The fourth-order valence-electron chi connectivity index (χ4n) is 2.75. The van der Waals surface area contributed by atoms with E-state index in [1.807, 2.05) is 38.1 Å². The lowest BCUT2D eigenvalue weighted by atomic mass is 10.1. The van der Waals surface area contributed by atoms with Crippen LogP contribution in [0.2, 0.25) is 10.0 Å². The van der Waals surface area contributed by atoms with Crippen LogP contribution in [-0.4, -0.2) is 20.7 Å². The van der Waals surface area contributed by atoms with Gasteiger partial charge in [0.05, 0.1) is 6.04 Å². The van der Waals surface area contributed by atoms with Crippen molar-refractivity contribution in [2.45, 2.75) is 26.4 Å². The van der Waals surface area contributed by atoms with Crippen LogP contribution in [-0.2, 0) is 11.3 Å². The van der Waals surface area contributed by atoms with Crippen molar-refractivity contribution in [1.82, 2.24) is 20.1 Å². The van der Waals surface area contributed by atoms with Gasteiger partial charge in [0.25, 0.3) is 0 Å². The van der Waals surface area contributed by atoms with Crippen LogP contribution in [0, 0.1) is 11.7 Å². The largest absolute Gasteiger partial charge is 0.348 e. The van der Waals surface area contributed by atoms with Crippen LogP contribution >= 0.6 is 35.4 Å². The summed E-state index contributed by atoms with van der Waals surface area (Å²) in [6.07, 6.45) is 0. The van der Waals surface area contributed by atoms with Gasteiger partial charge in [0.2, 0.25) is 5.91 Å². The molecular weight excluding hydrogens is 403 g/mol. The number of nitrogens with zero attached hydrogens (tertiary/aromatic N) is 2. The van der Waals surface area contributed by atoms with E-state index in [4.69, 9.17) is 35.4 Å². The lowest BCUT2D eigenvalue weighted by molar-refractivity contribution is -0.122. The molecule has 0 unspecified atom stereocenters. The Kier molecular flexibility index (Phi) is 5.99. The maximum atomic E-state index is 12.6. The number of aromatic amines is 1. The van der Waals surface area contributed by atoms with E-state index in [-0.39, 0.29) is 18.5 Å². The van der Waals surface area contributed by atoms with Crippen molar-refractivity contribution in [2.24, 2.45) is 0 Å². The molecule has 0 saturated heterocycles. The number of carbonyl (C=O) groups excluding carboxylic acids is 1. The number of hydrogen-bond donors (Lipinski definition) is 2. The summed E-state index contributed by atoms with van der Waals surface area (Å²) in [6, 6.07) is 12.8. The van der Waals surface area contributed by atoms with Crippen LogP contribution < -0.4 is 5.32 Å². The van der Waals surface area contributed by atoms with Crippen molar-refractivity contribution in [3.63, 3.8) is 0 Å². The van der Waals surface area contributed by atoms with Crippen molar-refractivity contribution in [2.75, 3.05) is 0 Å². The topological polar surface area (TPSA) is 62.7 Å². The Balaban J connectivity index is 1.77. The lowest BCUT2D eigenvalue weighted by Gasteiger charge is -2.16. The number of aromatic nitrogens is 3. The monoisotopic (exact) mass is 420 g/mol. The molecule has 3 aromatic rings.